The molecule has 0 saturated heterocycles. The summed E-state index contributed by atoms with van der Waals surface area (Å²) >= 11 is 0. The second-order valence-corrected chi connectivity index (χ2v) is 5.31. The van der Waals surface area contributed by atoms with Gasteiger partial charge >= 0.3 is 5.97 Å². The van der Waals surface area contributed by atoms with Gasteiger partial charge in [0.25, 0.3) is 0 Å². The number of rotatable bonds is 4. The zero-order valence-electron chi connectivity index (χ0n) is 11.6. The molecule has 0 spiro atoms. The van der Waals surface area contributed by atoms with Crippen LogP contribution in [0, 0.1) is 0 Å². The molecular weight excluding hydrogens is 266 g/mol. The van der Waals surface area contributed by atoms with E-state index in [-0.39, 0.29) is 5.56 Å². The van der Waals surface area contributed by atoms with Gasteiger partial charge < -0.3 is 15.6 Å². The quantitative estimate of drug-likeness (QED) is 0.846. The van der Waals surface area contributed by atoms with Crippen molar-refractivity contribution in [2.45, 2.75) is 25.9 Å². The van der Waals surface area contributed by atoms with Gasteiger partial charge in [0.05, 0.1) is 0 Å². The van der Waals surface area contributed by atoms with Gasteiger partial charge in [0.1, 0.15) is 17.9 Å². The van der Waals surface area contributed by atoms with Crippen LogP contribution in [0.15, 0.2) is 36.4 Å². The van der Waals surface area contributed by atoms with Crippen LogP contribution < -0.4 is 10.5 Å². The van der Waals surface area contributed by atoms with E-state index in [4.69, 9.17) is 10.5 Å². The molecule has 0 fully saturated rings. The number of nitrogen functional groups attached to an aromatic ring is 1. The van der Waals surface area contributed by atoms with Crippen LogP contribution in [0.2, 0.25) is 0 Å². The number of carboxylic acids is 1. The molecule has 1 aliphatic carbocycles. The number of hydrogen-bond donors (Lipinski definition) is 2. The second kappa shape index (κ2) is 5.48. The molecule has 2 aromatic carbocycles. The fourth-order valence-electron chi connectivity index (χ4n) is 2.72. The summed E-state index contributed by atoms with van der Waals surface area (Å²) in [5.41, 5.74) is 9.98. The number of carbonyl (C=O) groups is 1. The molecule has 3 N–H and O–H groups in total. The average molecular weight is 283 g/mol. The molecule has 0 saturated carbocycles. The number of hydrogen-bond acceptors (Lipinski definition) is 3. The number of anilines is 1. The van der Waals surface area contributed by atoms with E-state index in [9.17, 15) is 9.90 Å². The van der Waals surface area contributed by atoms with Crippen molar-refractivity contribution >= 4 is 11.7 Å². The van der Waals surface area contributed by atoms with Crippen molar-refractivity contribution in [2.24, 2.45) is 0 Å². The molecule has 0 radical (unpaired) electrons. The predicted octanol–water partition coefficient (Wildman–Crippen LogP) is 3.03. The van der Waals surface area contributed by atoms with E-state index in [1.807, 2.05) is 6.07 Å². The van der Waals surface area contributed by atoms with Crippen LogP contribution in [-0.4, -0.2) is 11.1 Å². The lowest BCUT2D eigenvalue weighted by Crippen LogP contribution is -2.04. The Morgan fingerprint density at radius 3 is 2.76 bits per heavy atom. The SMILES string of the molecule is Nc1ccc(OCc2ccc3c(c2)CCC3)c(C(=O)O)c1. The topological polar surface area (TPSA) is 72.5 Å². The van der Waals surface area contributed by atoms with Gasteiger partial charge in [0.2, 0.25) is 0 Å². The number of aryl methyl sites for hydroxylation is 2. The van der Waals surface area contributed by atoms with Crippen molar-refractivity contribution in [2.75, 3.05) is 5.73 Å². The van der Waals surface area contributed by atoms with Gasteiger partial charge in [0.15, 0.2) is 0 Å². The minimum atomic E-state index is -1.04. The van der Waals surface area contributed by atoms with Crippen LogP contribution in [0.1, 0.15) is 33.5 Å². The Labute approximate surface area is 123 Å². The van der Waals surface area contributed by atoms with Crippen molar-refractivity contribution in [3.8, 4) is 5.75 Å². The number of benzene rings is 2. The Morgan fingerprint density at radius 2 is 1.95 bits per heavy atom. The van der Waals surface area contributed by atoms with E-state index < -0.39 is 5.97 Å². The van der Waals surface area contributed by atoms with E-state index >= 15 is 0 Å². The smallest absolute Gasteiger partial charge is 0.339 e. The Kier molecular flexibility index (Phi) is 3.52. The molecule has 0 unspecified atom stereocenters. The maximum atomic E-state index is 11.2. The van der Waals surface area contributed by atoms with Gasteiger partial charge in [0, 0.05) is 5.69 Å². The number of aromatic carboxylic acids is 1. The van der Waals surface area contributed by atoms with Crippen molar-refractivity contribution in [1.29, 1.82) is 0 Å². The van der Waals surface area contributed by atoms with Gasteiger partial charge in [-0.2, -0.15) is 0 Å². The highest BCUT2D eigenvalue weighted by Crippen LogP contribution is 2.25. The third-order valence-electron chi connectivity index (χ3n) is 3.79. The summed E-state index contributed by atoms with van der Waals surface area (Å²) in [6.45, 7) is 0.359. The first-order valence-corrected chi connectivity index (χ1v) is 7.00. The third-order valence-corrected chi connectivity index (χ3v) is 3.79. The fraction of sp³-hybridized carbons (Fsp3) is 0.235. The van der Waals surface area contributed by atoms with E-state index in [0.717, 1.165) is 18.4 Å². The van der Waals surface area contributed by atoms with Crippen molar-refractivity contribution < 1.29 is 14.6 Å². The molecule has 0 aromatic heterocycles. The summed E-state index contributed by atoms with van der Waals surface area (Å²) < 4.78 is 5.66. The molecule has 108 valence electrons. The third kappa shape index (κ3) is 2.84. The second-order valence-electron chi connectivity index (χ2n) is 5.31. The summed E-state index contributed by atoms with van der Waals surface area (Å²) in [7, 11) is 0. The standard InChI is InChI=1S/C17H17NO3/c18-14-6-7-16(15(9-14)17(19)20)21-10-11-4-5-12-2-1-3-13(12)8-11/h4-9H,1-3,10,18H2,(H,19,20). The number of fused-ring (bicyclic) bond motifs is 1. The Bertz CT molecular complexity index is 694. The Morgan fingerprint density at radius 1 is 1.14 bits per heavy atom. The molecule has 0 heterocycles. The van der Waals surface area contributed by atoms with Gasteiger partial charge in [-0.15, -0.1) is 0 Å². The number of ether oxygens (including phenoxy) is 1. The maximum absolute atomic E-state index is 11.2. The molecule has 21 heavy (non-hydrogen) atoms. The van der Waals surface area contributed by atoms with Crippen molar-refractivity contribution in [3.05, 3.63) is 58.7 Å². The van der Waals surface area contributed by atoms with Crippen LogP contribution in [0.5, 0.6) is 5.75 Å². The van der Waals surface area contributed by atoms with Gasteiger partial charge in [-0.3, -0.25) is 0 Å². The highest BCUT2D eigenvalue weighted by molar-refractivity contribution is 5.92. The predicted molar refractivity (Wildman–Crippen MR) is 80.6 cm³/mol. The summed E-state index contributed by atoms with van der Waals surface area (Å²) in [6, 6.07) is 11.0. The minimum absolute atomic E-state index is 0.0937. The molecule has 0 atom stereocenters. The van der Waals surface area contributed by atoms with E-state index in [0.29, 0.717) is 18.0 Å². The normalized spacial score (nSPS) is 13.0. The molecule has 4 heteroatoms. The summed E-state index contributed by atoms with van der Waals surface area (Å²) in [6.07, 6.45) is 3.48. The maximum Gasteiger partial charge on any atom is 0.339 e. The first kappa shape index (κ1) is 13.5. The van der Waals surface area contributed by atoms with Crippen molar-refractivity contribution in [1.82, 2.24) is 0 Å². The van der Waals surface area contributed by atoms with Crippen LogP contribution in [0.25, 0.3) is 0 Å². The highest BCUT2D eigenvalue weighted by Gasteiger charge is 2.13. The van der Waals surface area contributed by atoms with E-state index in [2.05, 4.69) is 12.1 Å². The van der Waals surface area contributed by atoms with Crippen molar-refractivity contribution in [3.63, 3.8) is 0 Å². The largest absolute Gasteiger partial charge is 0.488 e. The molecular formula is C17H17NO3. The molecule has 2 aromatic rings. The monoisotopic (exact) mass is 283 g/mol. The van der Waals surface area contributed by atoms with Gasteiger partial charge in [-0.05, 0) is 54.2 Å². The number of nitrogens with two attached hydrogens (primary N) is 1. The molecule has 0 amide bonds. The lowest BCUT2D eigenvalue weighted by Gasteiger charge is -2.11. The first-order valence-electron chi connectivity index (χ1n) is 7.00. The summed E-state index contributed by atoms with van der Waals surface area (Å²) in [5, 5.41) is 9.18. The van der Waals surface area contributed by atoms with Crippen LogP contribution >= 0.6 is 0 Å². The van der Waals surface area contributed by atoms with Gasteiger partial charge in [-0.1, -0.05) is 18.2 Å². The summed E-state index contributed by atoms with van der Waals surface area (Å²) in [5.74, 6) is -0.691. The Balaban J connectivity index is 1.77. The van der Waals surface area contributed by atoms with Crippen LogP contribution in [-0.2, 0) is 19.4 Å². The van der Waals surface area contributed by atoms with E-state index in [1.165, 1.54) is 23.6 Å². The zero-order valence-corrected chi connectivity index (χ0v) is 11.6. The Hall–Kier alpha value is -2.49. The first-order chi connectivity index (χ1) is 10.1. The zero-order chi connectivity index (χ0) is 14.8. The minimum Gasteiger partial charge on any atom is -0.488 e. The summed E-state index contributed by atoms with van der Waals surface area (Å²) in [4.78, 5) is 11.2. The molecule has 0 bridgehead atoms. The average Bonchev–Trinajstić information content (AvgIpc) is 2.93. The number of carboxylic acid groups (broad SMARTS) is 1. The van der Waals surface area contributed by atoms with E-state index in [1.54, 1.807) is 12.1 Å². The van der Waals surface area contributed by atoms with Gasteiger partial charge in [-0.25, -0.2) is 4.79 Å². The lowest BCUT2D eigenvalue weighted by molar-refractivity contribution is 0.0692. The molecule has 1 aliphatic rings. The van der Waals surface area contributed by atoms with Crippen LogP contribution in [0.3, 0.4) is 0 Å². The highest BCUT2D eigenvalue weighted by atomic mass is 16.5. The van der Waals surface area contributed by atoms with Crippen LogP contribution in [0.4, 0.5) is 5.69 Å². The fourth-order valence-corrected chi connectivity index (χ4v) is 2.72. The lowest BCUT2D eigenvalue weighted by atomic mass is 10.1. The molecule has 0 aliphatic heterocycles. The molecule has 3 rings (SSSR count). The molecule has 4 nitrogen and oxygen atoms in total.